The maximum atomic E-state index is 13.0. The van der Waals surface area contributed by atoms with Gasteiger partial charge in [0.1, 0.15) is 18.2 Å². The smallest absolute Gasteiger partial charge is 0.416 e. The van der Waals surface area contributed by atoms with Crippen molar-refractivity contribution in [3.8, 4) is 11.5 Å². The summed E-state index contributed by atoms with van der Waals surface area (Å²) in [6.07, 6.45) is -4.63. The molecule has 1 heterocycles. The molecule has 0 saturated carbocycles. The number of halogens is 5. The van der Waals surface area contributed by atoms with Crippen molar-refractivity contribution < 1.29 is 22.3 Å². The Balaban J connectivity index is 1.89. The molecule has 2 aromatic carbocycles. The molecule has 0 amide bonds. The minimum absolute atomic E-state index is 0.112. The second-order valence-corrected chi connectivity index (χ2v) is 6.14. The van der Waals surface area contributed by atoms with E-state index >= 15 is 0 Å². The highest BCUT2D eigenvalue weighted by atomic mass is 35.5. The molecule has 0 unspecified atom stereocenters. The van der Waals surface area contributed by atoms with Gasteiger partial charge in [-0.1, -0.05) is 17.7 Å². The number of benzene rings is 2. The zero-order valence-corrected chi connectivity index (χ0v) is 14.9. The summed E-state index contributed by atoms with van der Waals surface area (Å²) in [5.41, 5.74) is 4.75. The molecule has 0 aliphatic rings. The average molecular weight is 416 g/mol. The van der Waals surface area contributed by atoms with Gasteiger partial charge in [0.15, 0.2) is 0 Å². The molecule has 1 aromatic heterocycles. The lowest BCUT2D eigenvalue weighted by Crippen LogP contribution is -2.07. The van der Waals surface area contributed by atoms with Crippen LogP contribution < -0.4 is 15.8 Å². The van der Waals surface area contributed by atoms with E-state index in [-0.39, 0.29) is 35.5 Å². The van der Waals surface area contributed by atoms with Crippen LogP contribution in [0.2, 0.25) is 5.02 Å². The summed E-state index contributed by atoms with van der Waals surface area (Å²) in [5, 5.41) is 10.5. The van der Waals surface area contributed by atoms with Crippen LogP contribution in [0.15, 0.2) is 36.4 Å². The van der Waals surface area contributed by atoms with Crippen LogP contribution in [0.1, 0.15) is 16.7 Å². The van der Waals surface area contributed by atoms with Crippen LogP contribution in [-0.2, 0) is 19.4 Å². The van der Waals surface area contributed by atoms with Crippen LogP contribution in [-0.4, -0.2) is 15.2 Å². The fourth-order valence-corrected chi connectivity index (χ4v) is 2.65. The van der Waals surface area contributed by atoms with Gasteiger partial charge in [-0.25, -0.2) is 4.39 Å². The van der Waals surface area contributed by atoms with Gasteiger partial charge in [0.05, 0.1) is 5.56 Å². The lowest BCUT2D eigenvalue weighted by Gasteiger charge is -2.15. The van der Waals surface area contributed by atoms with Crippen molar-refractivity contribution in [1.82, 2.24) is 15.2 Å². The first-order valence-corrected chi connectivity index (χ1v) is 8.28. The molecule has 0 bridgehead atoms. The van der Waals surface area contributed by atoms with Gasteiger partial charge in [-0.2, -0.15) is 13.2 Å². The maximum absolute atomic E-state index is 13.0. The monoisotopic (exact) mass is 415 g/mol. The van der Waals surface area contributed by atoms with Crippen molar-refractivity contribution >= 4 is 23.5 Å². The van der Waals surface area contributed by atoms with E-state index in [1.807, 2.05) is 0 Å². The molecule has 3 rings (SSSR count). The summed E-state index contributed by atoms with van der Waals surface area (Å²) in [4.78, 5) is 2.67. The number of alkyl halides is 4. The number of nitrogens with two attached hydrogens (primary N) is 1. The zero-order valence-electron chi connectivity index (χ0n) is 14.1. The number of nitrogen functional groups attached to an aromatic ring is 1. The van der Waals surface area contributed by atoms with Crippen LogP contribution >= 0.6 is 11.6 Å². The van der Waals surface area contributed by atoms with Gasteiger partial charge in [0.25, 0.3) is 0 Å². The second kappa shape index (κ2) is 7.93. The summed E-state index contributed by atoms with van der Waals surface area (Å²) >= 11 is 6.20. The third kappa shape index (κ3) is 4.63. The number of aromatic amines is 1. The Hall–Kier alpha value is -3.01. The Morgan fingerprint density at radius 2 is 1.96 bits per heavy atom. The standard InChI is InChI=1S/C17H14ClF4N5O/c18-13-2-1-3-14(12(13)8-24-16-25-15(23)26-27-16)28-11-5-9(7-19)4-10(6-11)17(20,21)22/h1-6H,7-8H2,(H4,23,24,25,26,27). The summed E-state index contributed by atoms with van der Waals surface area (Å²) < 4.78 is 57.7. The number of nitrogens with zero attached hydrogens (tertiary/aromatic N) is 2. The zero-order chi connectivity index (χ0) is 20.3. The van der Waals surface area contributed by atoms with Crippen molar-refractivity contribution in [1.29, 1.82) is 0 Å². The topological polar surface area (TPSA) is 88.8 Å². The van der Waals surface area contributed by atoms with Crippen LogP contribution in [0.5, 0.6) is 11.5 Å². The quantitative estimate of drug-likeness (QED) is 0.496. The number of rotatable bonds is 6. The van der Waals surface area contributed by atoms with Crippen molar-refractivity contribution in [2.75, 3.05) is 11.1 Å². The second-order valence-electron chi connectivity index (χ2n) is 5.73. The van der Waals surface area contributed by atoms with E-state index in [1.165, 1.54) is 12.1 Å². The van der Waals surface area contributed by atoms with Crippen LogP contribution in [0.3, 0.4) is 0 Å². The van der Waals surface area contributed by atoms with Gasteiger partial charge >= 0.3 is 6.18 Å². The molecule has 0 fully saturated rings. The van der Waals surface area contributed by atoms with Gasteiger partial charge in [-0.15, -0.1) is 10.2 Å². The number of hydrogen-bond acceptors (Lipinski definition) is 5. The Labute approximate surface area is 161 Å². The highest BCUT2D eigenvalue weighted by Gasteiger charge is 2.31. The Bertz CT molecular complexity index is 976. The normalized spacial score (nSPS) is 11.5. The number of anilines is 2. The van der Waals surface area contributed by atoms with E-state index in [9.17, 15) is 17.6 Å². The lowest BCUT2D eigenvalue weighted by atomic mass is 10.1. The van der Waals surface area contributed by atoms with E-state index in [0.29, 0.717) is 10.6 Å². The highest BCUT2D eigenvalue weighted by Crippen LogP contribution is 2.36. The molecule has 4 N–H and O–H groups in total. The predicted molar refractivity (Wildman–Crippen MR) is 95.9 cm³/mol. The number of nitrogens with one attached hydrogen (secondary N) is 2. The molecule has 0 aliphatic carbocycles. The van der Waals surface area contributed by atoms with Gasteiger partial charge in [-0.3, -0.25) is 4.98 Å². The van der Waals surface area contributed by atoms with Gasteiger partial charge in [0.2, 0.25) is 11.9 Å². The van der Waals surface area contributed by atoms with E-state index in [0.717, 1.165) is 12.1 Å². The first-order chi connectivity index (χ1) is 13.3. The largest absolute Gasteiger partial charge is 0.457 e. The van der Waals surface area contributed by atoms with E-state index < -0.39 is 18.4 Å². The third-order valence-electron chi connectivity index (χ3n) is 3.69. The summed E-state index contributed by atoms with van der Waals surface area (Å²) in [7, 11) is 0. The highest BCUT2D eigenvalue weighted by molar-refractivity contribution is 6.31. The molecule has 0 spiro atoms. The summed E-state index contributed by atoms with van der Waals surface area (Å²) in [6.45, 7) is -0.935. The first-order valence-electron chi connectivity index (χ1n) is 7.90. The van der Waals surface area contributed by atoms with Crippen LogP contribution in [0.4, 0.5) is 29.5 Å². The number of ether oxygens (including phenoxy) is 1. The van der Waals surface area contributed by atoms with E-state index in [2.05, 4.69) is 20.5 Å². The fraction of sp³-hybridized carbons (Fsp3) is 0.176. The minimum atomic E-state index is -4.63. The first kappa shape index (κ1) is 19.7. The van der Waals surface area contributed by atoms with E-state index in [4.69, 9.17) is 22.1 Å². The molecule has 6 nitrogen and oxygen atoms in total. The molecule has 3 aromatic rings. The molecule has 28 heavy (non-hydrogen) atoms. The molecular formula is C17H14ClF4N5O. The van der Waals surface area contributed by atoms with Gasteiger partial charge in [0, 0.05) is 17.1 Å². The molecular weight excluding hydrogens is 402 g/mol. The lowest BCUT2D eigenvalue weighted by molar-refractivity contribution is -0.137. The summed E-state index contributed by atoms with van der Waals surface area (Å²) in [5.74, 6) is 0.439. The number of hydrogen-bond donors (Lipinski definition) is 3. The minimum Gasteiger partial charge on any atom is -0.457 e. The molecule has 0 aliphatic heterocycles. The fourth-order valence-electron chi connectivity index (χ4n) is 2.42. The number of H-pyrrole nitrogens is 1. The van der Waals surface area contributed by atoms with E-state index in [1.54, 1.807) is 12.1 Å². The molecule has 148 valence electrons. The molecule has 0 atom stereocenters. The molecule has 0 saturated heterocycles. The molecule has 11 heteroatoms. The van der Waals surface area contributed by atoms with Gasteiger partial charge < -0.3 is 15.8 Å². The van der Waals surface area contributed by atoms with Crippen LogP contribution in [0.25, 0.3) is 0 Å². The van der Waals surface area contributed by atoms with Gasteiger partial charge in [-0.05, 0) is 35.9 Å². The Morgan fingerprint density at radius 3 is 2.61 bits per heavy atom. The van der Waals surface area contributed by atoms with Crippen molar-refractivity contribution in [2.24, 2.45) is 0 Å². The Kier molecular flexibility index (Phi) is 5.59. The third-order valence-corrected chi connectivity index (χ3v) is 4.04. The average Bonchev–Trinajstić information content (AvgIpc) is 3.05. The van der Waals surface area contributed by atoms with Crippen molar-refractivity contribution in [3.63, 3.8) is 0 Å². The SMILES string of the molecule is Nc1nnc(NCc2c(Cl)cccc2Oc2cc(CF)cc(C(F)(F)F)c2)[nH]1. The maximum Gasteiger partial charge on any atom is 0.416 e. The predicted octanol–water partition coefficient (Wildman–Crippen LogP) is 4.93. The summed E-state index contributed by atoms with van der Waals surface area (Å²) in [6, 6.07) is 7.45. The van der Waals surface area contributed by atoms with Crippen LogP contribution in [0, 0.1) is 0 Å². The Morgan fingerprint density at radius 1 is 1.18 bits per heavy atom. The number of aromatic nitrogens is 3. The molecule has 0 radical (unpaired) electrons. The van der Waals surface area contributed by atoms with Crippen molar-refractivity contribution in [3.05, 3.63) is 58.1 Å². The van der Waals surface area contributed by atoms with Crippen molar-refractivity contribution in [2.45, 2.75) is 19.4 Å².